The van der Waals surface area contributed by atoms with E-state index in [1.165, 1.54) is 6.42 Å². The standard InChI is InChI=1S/C14H24N2O2/c17-13(2-1-12-3-6-15-9-12)16-7-4-14(10-16)5-8-18-11-14/h12,15H,1-11H2. The summed E-state index contributed by atoms with van der Waals surface area (Å²) >= 11 is 0. The summed E-state index contributed by atoms with van der Waals surface area (Å²) in [6, 6.07) is 0. The van der Waals surface area contributed by atoms with Gasteiger partial charge in [-0.05, 0) is 44.7 Å². The van der Waals surface area contributed by atoms with E-state index in [1.54, 1.807) is 0 Å². The molecule has 0 aliphatic carbocycles. The largest absolute Gasteiger partial charge is 0.381 e. The molecule has 1 N–H and O–H groups in total. The molecule has 18 heavy (non-hydrogen) atoms. The van der Waals surface area contributed by atoms with Gasteiger partial charge in [-0.25, -0.2) is 0 Å². The second-order valence-corrected chi connectivity index (χ2v) is 6.27. The molecule has 3 saturated heterocycles. The van der Waals surface area contributed by atoms with Crippen LogP contribution in [0.1, 0.15) is 32.1 Å². The molecule has 0 radical (unpaired) electrons. The molecule has 0 aromatic carbocycles. The Hall–Kier alpha value is -0.610. The van der Waals surface area contributed by atoms with Gasteiger partial charge in [-0.1, -0.05) is 0 Å². The van der Waals surface area contributed by atoms with E-state index >= 15 is 0 Å². The van der Waals surface area contributed by atoms with Gasteiger partial charge in [0.25, 0.3) is 0 Å². The first-order chi connectivity index (χ1) is 8.77. The minimum absolute atomic E-state index is 0.310. The molecule has 0 bridgehead atoms. The Morgan fingerprint density at radius 2 is 2.39 bits per heavy atom. The summed E-state index contributed by atoms with van der Waals surface area (Å²) in [4.78, 5) is 14.3. The zero-order chi connectivity index (χ0) is 12.4. The highest BCUT2D eigenvalue weighted by atomic mass is 16.5. The average Bonchev–Trinajstić information content (AvgIpc) is 3.10. The summed E-state index contributed by atoms with van der Waals surface area (Å²) in [5.74, 6) is 1.09. The highest BCUT2D eigenvalue weighted by Gasteiger charge is 2.42. The molecular weight excluding hydrogens is 228 g/mol. The number of ether oxygens (including phenoxy) is 1. The van der Waals surface area contributed by atoms with Crippen LogP contribution in [0.2, 0.25) is 0 Å². The van der Waals surface area contributed by atoms with Crippen molar-refractivity contribution >= 4 is 5.91 Å². The summed E-state index contributed by atoms with van der Waals surface area (Å²) in [6.07, 6.45) is 5.33. The van der Waals surface area contributed by atoms with Crippen molar-refractivity contribution < 1.29 is 9.53 Å². The lowest BCUT2D eigenvalue weighted by Crippen LogP contribution is -2.32. The van der Waals surface area contributed by atoms with Crippen molar-refractivity contribution in [3.8, 4) is 0 Å². The molecular formula is C14H24N2O2. The Balaban J connectivity index is 1.45. The Morgan fingerprint density at radius 1 is 1.44 bits per heavy atom. The molecule has 2 atom stereocenters. The Labute approximate surface area is 109 Å². The summed E-state index contributed by atoms with van der Waals surface area (Å²) in [7, 11) is 0. The van der Waals surface area contributed by atoms with Crippen molar-refractivity contribution in [1.29, 1.82) is 0 Å². The number of amides is 1. The molecule has 4 heteroatoms. The molecule has 102 valence electrons. The van der Waals surface area contributed by atoms with E-state index < -0.39 is 0 Å². The van der Waals surface area contributed by atoms with Gasteiger partial charge < -0.3 is 15.0 Å². The van der Waals surface area contributed by atoms with E-state index in [9.17, 15) is 4.79 Å². The molecule has 3 aliphatic rings. The number of rotatable bonds is 3. The number of carbonyl (C=O) groups is 1. The quantitative estimate of drug-likeness (QED) is 0.815. The maximum absolute atomic E-state index is 12.2. The third kappa shape index (κ3) is 2.54. The molecule has 3 fully saturated rings. The highest BCUT2D eigenvalue weighted by molar-refractivity contribution is 5.76. The third-order valence-corrected chi connectivity index (χ3v) is 4.90. The van der Waals surface area contributed by atoms with Crippen molar-refractivity contribution in [2.75, 3.05) is 39.4 Å². The van der Waals surface area contributed by atoms with Gasteiger partial charge in [0, 0.05) is 31.5 Å². The Morgan fingerprint density at radius 3 is 3.11 bits per heavy atom. The van der Waals surface area contributed by atoms with Crippen molar-refractivity contribution in [2.45, 2.75) is 32.1 Å². The first-order valence-electron chi connectivity index (χ1n) is 7.34. The van der Waals surface area contributed by atoms with Crippen LogP contribution in [0.3, 0.4) is 0 Å². The van der Waals surface area contributed by atoms with Gasteiger partial charge in [0.05, 0.1) is 6.61 Å². The fourth-order valence-corrected chi connectivity index (χ4v) is 3.57. The lowest BCUT2D eigenvalue weighted by Gasteiger charge is -2.22. The van der Waals surface area contributed by atoms with Crippen LogP contribution in [-0.4, -0.2) is 50.2 Å². The number of nitrogens with zero attached hydrogens (tertiary/aromatic N) is 1. The van der Waals surface area contributed by atoms with Gasteiger partial charge in [-0.15, -0.1) is 0 Å². The van der Waals surface area contributed by atoms with Crippen molar-refractivity contribution in [3.05, 3.63) is 0 Å². The molecule has 1 amide bonds. The van der Waals surface area contributed by atoms with Crippen LogP contribution in [0.5, 0.6) is 0 Å². The molecule has 2 unspecified atom stereocenters. The van der Waals surface area contributed by atoms with E-state index in [1.807, 2.05) is 0 Å². The van der Waals surface area contributed by atoms with E-state index in [2.05, 4.69) is 10.2 Å². The number of hydrogen-bond donors (Lipinski definition) is 1. The van der Waals surface area contributed by atoms with E-state index in [4.69, 9.17) is 4.74 Å². The molecule has 0 aromatic heterocycles. The monoisotopic (exact) mass is 252 g/mol. The molecule has 0 saturated carbocycles. The van der Waals surface area contributed by atoms with Crippen LogP contribution in [0.4, 0.5) is 0 Å². The normalized spacial score (nSPS) is 35.8. The number of hydrogen-bond acceptors (Lipinski definition) is 3. The number of likely N-dealkylation sites (tertiary alicyclic amines) is 1. The minimum atomic E-state index is 0.310. The molecule has 4 nitrogen and oxygen atoms in total. The van der Waals surface area contributed by atoms with Crippen LogP contribution >= 0.6 is 0 Å². The number of carbonyl (C=O) groups excluding carboxylic acids is 1. The minimum Gasteiger partial charge on any atom is -0.381 e. The Kier molecular flexibility index (Phi) is 3.57. The lowest BCUT2D eigenvalue weighted by molar-refractivity contribution is -0.130. The molecule has 3 aliphatic heterocycles. The molecule has 1 spiro atoms. The van der Waals surface area contributed by atoms with Crippen LogP contribution in [0.15, 0.2) is 0 Å². The maximum Gasteiger partial charge on any atom is 0.222 e. The SMILES string of the molecule is O=C(CCC1CCNC1)N1CCC2(CCOC2)C1. The summed E-state index contributed by atoms with van der Waals surface area (Å²) in [5.41, 5.74) is 0.310. The van der Waals surface area contributed by atoms with Gasteiger partial charge in [0.1, 0.15) is 0 Å². The van der Waals surface area contributed by atoms with Crippen LogP contribution in [0, 0.1) is 11.3 Å². The van der Waals surface area contributed by atoms with E-state index in [0.29, 0.717) is 11.3 Å². The Bertz CT molecular complexity index is 307. The van der Waals surface area contributed by atoms with Gasteiger partial charge in [-0.3, -0.25) is 4.79 Å². The van der Waals surface area contributed by atoms with Crippen LogP contribution < -0.4 is 5.32 Å². The zero-order valence-electron chi connectivity index (χ0n) is 11.1. The third-order valence-electron chi connectivity index (χ3n) is 4.90. The number of nitrogens with one attached hydrogen (secondary N) is 1. The molecule has 3 heterocycles. The van der Waals surface area contributed by atoms with E-state index in [0.717, 1.165) is 71.0 Å². The maximum atomic E-state index is 12.2. The summed E-state index contributed by atoms with van der Waals surface area (Å²) in [6.45, 7) is 5.87. The first-order valence-corrected chi connectivity index (χ1v) is 7.34. The van der Waals surface area contributed by atoms with Gasteiger partial charge in [0.2, 0.25) is 5.91 Å². The van der Waals surface area contributed by atoms with Crippen molar-refractivity contribution in [3.63, 3.8) is 0 Å². The fourth-order valence-electron chi connectivity index (χ4n) is 3.57. The van der Waals surface area contributed by atoms with Crippen molar-refractivity contribution in [2.24, 2.45) is 11.3 Å². The second kappa shape index (κ2) is 5.17. The zero-order valence-corrected chi connectivity index (χ0v) is 11.1. The van der Waals surface area contributed by atoms with E-state index in [-0.39, 0.29) is 0 Å². The smallest absolute Gasteiger partial charge is 0.222 e. The fraction of sp³-hybridized carbons (Fsp3) is 0.929. The van der Waals surface area contributed by atoms with Crippen LogP contribution in [0.25, 0.3) is 0 Å². The predicted molar refractivity (Wildman–Crippen MR) is 69.3 cm³/mol. The predicted octanol–water partition coefficient (Wildman–Crippen LogP) is 1.02. The topological polar surface area (TPSA) is 41.6 Å². The summed E-state index contributed by atoms with van der Waals surface area (Å²) < 4.78 is 5.51. The van der Waals surface area contributed by atoms with Gasteiger partial charge in [0.15, 0.2) is 0 Å². The summed E-state index contributed by atoms with van der Waals surface area (Å²) in [5, 5.41) is 3.36. The lowest BCUT2D eigenvalue weighted by atomic mass is 9.87. The molecule has 3 rings (SSSR count). The highest BCUT2D eigenvalue weighted by Crippen LogP contribution is 2.38. The average molecular weight is 252 g/mol. The van der Waals surface area contributed by atoms with Crippen LogP contribution in [-0.2, 0) is 9.53 Å². The second-order valence-electron chi connectivity index (χ2n) is 6.27. The first kappa shape index (κ1) is 12.4. The van der Waals surface area contributed by atoms with Gasteiger partial charge in [-0.2, -0.15) is 0 Å². The van der Waals surface area contributed by atoms with Gasteiger partial charge >= 0.3 is 0 Å². The van der Waals surface area contributed by atoms with Crippen molar-refractivity contribution in [1.82, 2.24) is 10.2 Å². The molecule has 0 aromatic rings.